The number of hydrogen-bond acceptors (Lipinski definition) is 3. The van der Waals surface area contributed by atoms with Gasteiger partial charge in [0, 0.05) is 16.1 Å². The number of aromatic nitrogens is 2. The third-order valence-electron chi connectivity index (χ3n) is 3.02. The Bertz CT molecular complexity index is 758. The van der Waals surface area contributed by atoms with Gasteiger partial charge in [0.1, 0.15) is 0 Å². The highest BCUT2D eigenvalue weighted by Crippen LogP contribution is 2.20. The molecule has 0 aliphatic heterocycles. The lowest BCUT2D eigenvalue weighted by atomic mass is 10.1. The summed E-state index contributed by atoms with van der Waals surface area (Å²) >= 11 is 5.03. The lowest BCUT2D eigenvalue weighted by Gasteiger charge is -2.01. The summed E-state index contributed by atoms with van der Waals surface area (Å²) in [6.45, 7) is 0.286. The third-order valence-corrected chi connectivity index (χ3v) is 4.40. The van der Waals surface area contributed by atoms with Gasteiger partial charge in [0.25, 0.3) is 6.33 Å². The molecule has 2 aromatic heterocycles. The van der Waals surface area contributed by atoms with E-state index in [1.807, 2.05) is 54.0 Å². The molecule has 3 aromatic rings. The second-order valence-electron chi connectivity index (χ2n) is 4.53. The molecule has 6 heteroatoms. The highest BCUT2D eigenvalue weighted by atomic mass is 79.9. The normalized spacial score (nSPS) is 10.0. The summed E-state index contributed by atoms with van der Waals surface area (Å²) < 4.78 is 2.70. The van der Waals surface area contributed by atoms with Crippen LogP contribution in [-0.2, 0) is 6.54 Å². The molecule has 0 bridgehead atoms. The molecule has 0 fully saturated rings. The SMILES string of the molecule is Br.O=C(C[n+]1ccc(-c2cccs2)nc1)c1cccc(Br)c1. The maximum atomic E-state index is 12.2. The van der Waals surface area contributed by atoms with Crippen LogP contribution in [0.1, 0.15) is 10.4 Å². The van der Waals surface area contributed by atoms with Crippen molar-refractivity contribution >= 4 is 50.0 Å². The van der Waals surface area contributed by atoms with Crippen molar-refractivity contribution in [2.24, 2.45) is 0 Å². The summed E-state index contributed by atoms with van der Waals surface area (Å²) in [5.41, 5.74) is 1.62. The molecule has 0 saturated carbocycles. The van der Waals surface area contributed by atoms with Crippen molar-refractivity contribution < 1.29 is 9.36 Å². The quantitative estimate of drug-likeness (QED) is 0.447. The lowest BCUT2D eigenvalue weighted by Crippen LogP contribution is -2.37. The molecule has 3 nitrogen and oxygen atoms in total. The van der Waals surface area contributed by atoms with E-state index in [0.717, 1.165) is 15.0 Å². The summed E-state index contributed by atoms with van der Waals surface area (Å²) in [6.07, 6.45) is 3.59. The van der Waals surface area contributed by atoms with Gasteiger partial charge in [-0.15, -0.1) is 28.3 Å². The van der Waals surface area contributed by atoms with E-state index >= 15 is 0 Å². The predicted molar refractivity (Wildman–Crippen MR) is 96.5 cm³/mol. The molecule has 0 N–H and O–H groups in total. The van der Waals surface area contributed by atoms with Gasteiger partial charge in [0.2, 0.25) is 5.78 Å². The van der Waals surface area contributed by atoms with Gasteiger partial charge in [-0.05, 0) is 28.6 Å². The first-order valence-corrected chi connectivity index (χ1v) is 8.07. The zero-order valence-electron chi connectivity index (χ0n) is 11.5. The van der Waals surface area contributed by atoms with Crippen molar-refractivity contribution in [3.63, 3.8) is 0 Å². The van der Waals surface area contributed by atoms with Gasteiger partial charge in [0.05, 0.1) is 11.1 Å². The van der Waals surface area contributed by atoms with E-state index in [0.29, 0.717) is 5.56 Å². The fraction of sp³-hybridized carbons (Fsp3) is 0.0625. The van der Waals surface area contributed by atoms with E-state index in [9.17, 15) is 4.79 Å². The van der Waals surface area contributed by atoms with Crippen molar-refractivity contribution in [2.45, 2.75) is 6.54 Å². The van der Waals surface area contributed by atoms with Gasteiger partial charge in [-0.2, -0.15) is 0 Å². The van der Waals surface area contributed by atoms with E-state index < -0.39 is 0 Å². The summed E-state index contributed by atoms with van der Waals surface area (Å²) in [5, 5.41) is 2.02. The molecule has 0 amide bonds. The molecule has 0 spiro atoms. The predicted octanol–water partition coefficient (Wildman–Crippen LogP) is 4.32. The molecule has 1 aromatic carbocycles. The average molecular weight is 441 g/mol. The Morgan fingerprint density at radius 2 is 2.09 bits per heavy atom. The second-order valence-corrected chi connectivity index (χ2v) is 6.39. The van der Waals surface area contributed by atoms with E-state index in [1.165, 1.54) is 0 Å². The first-order valence-electron chi connectivity index (χ1n) is 6.40. The molecule has 0 saturated heterocycles. The van der Waals surface area contributed by atoms with Crippen LogP contribution < -0.4 is 4.57 Å². The fourth-order valence-electron chi connectivity index (χ4n) is 1.97. The maximum Gasteiger partial charge on any atom is 0.287 e. The maximum absolute atomic E-state index is 12.2. The number of benzene rings is 1. The second kappa shape index (κ2) is 7.76. The number of rotatable bonds is 4. The van der Waals surface area contributed by atoms with Crippen molar-refractivity contribution in [1.82, 2.24) is 4.98 Å². The molecular formula is C16H13Br2N2OS+. The van der Waals surface area contributed by atoms with Crippen LogP contribution in [0.4, 0.5) is 0 Å². The Morgan fingerprint density at radius 3 is 2.73 bits per heavy atom. The van der Waals surface area contributed by atoms with Crippen molar-refractivity contribution in [3.05, 3.63) is 70.4 Å². The number of hydrogen-bond donors (Lipinski definition) is 0. The molecule has 0 atom stereocenters. The first kappa shape index (κ1) is 17.0. The van der Waals surface area contributed by atoms with Gasteiger partial charge < -0.3 is 0 Å². The molecule has 0 radical (unpaired) electrons. The Kier molecular flexibility index (Phi) is 5.99. The van der Waals surface area contributed by atoms with Crippen LogP contribution >= 0.6 is 44.2 Å². The topological polar surface area (TPSA) is 33.8 Å². The van der Waals surface area contributed by atoms with Crippen LogP contribution in [0.5, 0.6) is 0 Å². The lowest BCUT2D eigenvalue weighted by molar-refractivity contribution is -0.686. The zero-order valence-corrected chi connectivity index (χ0v) is 15.6. The van der Waals surface area contributed by atoms with E-state index in [1.54, 1.807) is 22.2 Å². The fourth-order valence-corrected chi connectivity index (χ4v) is 3.07. The first-order chi connectivity index (χ1) is 10.2. The number of Topliss-reactive ketones (excluding diaryl/α,β-unsaturated/α-hetero) is 1. The minimum atomic E-state index is 0. The third kappa shape index (κ3) is 4.09. The number of halogens is 2. The summed E-state index contributed by atoms with van der Waals surface area (Å²) in [4.78, 5) is 17.7. The standard InChI is InChI=1S/C16H12BrN2OS.BrH/c17-13-4-1-3-12(9-13)15(20)10-19-7-6-14(18-11-19)16-5-2-8-21-16;/h1-9,11H,10H2;1H/q+1;. The van der Waals surface area contributed by atoms with Gasteiger partial charge in [-0.25, -0.2) is 4.57 Å². The van der Waals surface area contributed by atoms with Crippen molar-refractivity contribution in [1.29, 1.82) is 0 Å². The largest absolute Gasteiger partial charge is 0.290 e. The van der Waals surface area contributed by atoms with Crippen LogP contribution in [0.25, 0.3) is 10.6 Å². The van der Waals surface area contributed by atoms with Gasteiger partial charge in [0.15, 0.2) is 12.2 Å². The van der Waals surface area contributed by atoms with E-state index in [4.69, 9.17) is 0 Å². The Balaban J connectivity index is 0.00000176. The average Bonchev–Trinajstić information content (AvgIpc) is 3.02. The van der Waals surface area contributed by atoms with Crippen molar-refractivity contribution in [3.8, 4) is 10.6 Å². The molecule has 2 heterocycles. The van der Waals surface area contributed by atoms with Crippen LogP contribution in [0.2, 0.25) is 0 Å². The Labute approximate surface area is 151 Å². The highest BCUT2D eigenvalue weighted by molar-refractivity contribution is 9.10. The number of ketones is 1. The van der Waals surface area contributed by atoms with Gasteiger partial charge >= 0.3 is 0 Å². The molecular weight excluding hydrogens is 428 g/mol. The van der Waals surface area contributed by atoms with Crippen LogP contribution in [0.3, 0.4) is 0 Å². The molecule has 0 aliphatic carbocycles. The molecule has 3 rings (SSSR count). The van der Waals surface area contributed by atoms with Gasteiger partial charge in [-0.3, -0.25) is 4.79 Å². The number of carbonyl (C=O) groups excluding carboxylic acids is 1. The Hall–Kier alpha value is -1.37. The number of nitrogens with zero attached hydrogens (tertiary/aromatic N) is 2. The van der Waals surface area contributed by atoms with Crippen molar-refractivity contribution in [2.75, 3.05) is 0 Å². The summed E-state index contributed by atoms with van der Waals surface area (Å²) in [5.74, 6) is 0.0620. The molecule has 0 unspecified atom stereocenters. The van der Waals surface area contributed by atoms with Crippen LogP contribution in [0.15, 0.2) is 64.8 Å². The smallest absolute Gasteiger partial charge is 0.287 e. The van der Waals surface area contributed by atoms with Gasteiger partial charge in [-0.1, -0.05) is 34.1 Å². The minimum absolute atomic E-state index is 0. The highest BCUT2D eigenvalue weighted by Gasteiger charge is 2.12. The molecule has 22 heavy (non-hydrogen) atoms. The summed E-state index contributed by atoms with van der Waals surface area (Å²) in [7, 11) is 0. The monoisotopic (exact) mass is 439 g/mol. The Morgan fingerprint density at radius 1 is 1.23 bits per heavy atom. The van der Waals surface area contributed by atoms with Crippen LogP contribution in [0, 0.1) is 0 Å². The van der Waals surface area contributed by atoms with E-state index in [-0.39, 0.29) is 29.3 Å². The molecule has 112 valence electrons. The minimum Gasteiger partial charge on any atom is -0.290 e. The van der Waals surface area contributed by atoms with E-state index in [2.05, 4.69) is 20.9 Å². The molecule has 0 aliphatic rings. The number of thiophene rings is 1. The zero-order chi connectivity index (χ0) is 14.7. The number of carbonyl (C=O) groups is 1. The van der Waals surface area contributed by atoms with Crippen LogP contribution in [-0.4, -0.2) is 10.8 Å². The summed E-state index contributed by atoms with van der Waals surface area (Å²) in [6, 6.07) is 13.4.